The second kappa shape index (κ2) is 9.87. The SMILES string of the molecule is CN(C)CC(=O)Nc1ccc2c(c1)cc1n2C(CC(=O)NCCc2ccccc2)CNC1=O. The summed E-state index contributed by atoms with van der Waals surface area (Å²) in [7, 11) is 3.67. The molecule has 0 aliphatic carbocycles. The summed E-state index contributed by atoms with van der Waals surface area (Å²) >= 11 is 0. The summed E-state index contributed by atoms with van der Waals surface area (Å²) < 4.78 is 1.94. The molecule has 1 aromatic heterocycles. The molecule has 3 aromatic rings. The molecule has 8 heteroatoms. The van der Waals surface area contributed by atoms with Crippen LogP contribution in [0.2, 0.25) is 0 Å². The Morgan fingerprint density at radius 1 is 1.09 bits per heavy atom. The van der Waals surface area contributed by atoms with Crippen molar-refractivity contribution in [2.45, 2.75) is 18.9 Å². The number of rotatable bonds is 8. The van der Waals surface area contributed by atoms with Gasteiger partial charge >= 0.3 is 0 Å². The van der Waals surface area contributed by atoms with E-state index in [1.54, 1.807) is 4.90 Å². The summed E-state index contributed by atoms with van der Waals surface area (Å²) in [6.45, 7) is 1.24. The van der Waals surface area contributed by atoms with Gasteiger partial charge in [-0.25, -0.2) is 0 Å². The first-order valence-electron chi connectivity index (χ1n) is 11.1. The third-order valence-electron chi connectivity index (χ3n) is 5.68. The summed E-state index contributed by atoms with van der Waals surface area (Å²) in [4.78, 5) is 39.0. The van der Waals surface area contributed by atoms with Gasteiger partial charge in [0.05, 0.1) is 12.6 Å². The van der Waals surface area contributed by atoms with Gasteiger partial charge in [0.15, 0.2) is 0 Å². The largest absolute Gasteiger partial charge is 0.356 e. The molecule has 33 heavy (non-hydrogen) atoms. The molecule has 0 bridgehead atoms. The average molecular weight is 448 g/mol. The second-order valence-corrected chi connectivity index (χ2v) is 8.61. The molecule has 0 radical (unpaired) electrons. The lowest BCUT2D eigenvalue weighted by molar-refractivity contribution is -0.121. The van der Waals surface area contributed by atoms with E-state index < -0.39 is 0 Å². The highest BCUT2D eigenvalue weighted by Crippen LogP contribution is 2.30. The smallest absolute Gasteiger partial charge is 0.268 e. The molecule has 0 saturated heterocycles. The lowest BCUT2D eigenvalue weighted by Crippen LogP contribution is -2.41. The van der Waals surface area contributed by atoms with E-state index in [1.165, 1.54) is 5.56 Å². The van der Waals surface area contributed by atoms with Crippen molar-refractivity contribution < 1.29 is 14.4 Å². The van der Waals surface area contributed by atoms with Gasteiger partial charge in [-0.05, 0) is 50.3 Å². The minimum absolute atomic E-state index is 0.0487. The molecule has 1 aliphatic rings. The van der Waals surface area contributed by atoms with Crippen LogP contribution >= 0.6 is 0 Å². The lowest BCUT2D eigenvalue weighted by atomic mass is 10.1. The van der Waals surface area contributed by atoms with Gasteiger partial charge in [0.2, 0.25) is 11.8 Å². The normalized spacial score (nSPS) is 15.2. The van der Waals surface area contributed by atoms with E-state index in [9.17, 15) is 14.4 Å². The Morgan fingerprint density at radius 3 is 2.64 bits per heavy atom. The maximum Gasteiger partial charge on any atom is 0.268 e. The van der Waals surface area contributed by atoms with Gasteiger partial charge < -0.3 is 25.4 Å². The molecule has 3 N–H and O–H groups in total. The first-order valence-corrected chi connectivity index (χ1v) is 11.1. The van der Waals surface area contributed by atoms with Crippen LogP contribution in [0.25, 0.3) is 10.9 Å². The van der Waals surface area contributed by atoms with Gasteiger partial charge in [0, 0.05) is 36.1 Å². The first kappa shape index (κ1) is 22.5. The highest BCUT2D eigenvalue weighted by molar-refractivity contribution is 6.01. The summed E-state index contributed by atoms with van der Waals surface area (Å²) in [5.41, 5.74) is 3.24. The van der Waals surface area contributed by atoms with Crippen LogP contribution in [0.15, 0.2) is 54.6 Å². The Bertz CT molecular complexity index is 1170. The Kier molecular flexibility index (Phi) is 6.74. The minimum Gasteiger partial charge on any atom is -0.356 e. The fourth-order valence-electron chi connectivity index (χ4n) is 4.20. The van der Waals surface area contributed by atoms with Gasteiger partial charge in [-0.3, -0.25) is 14.4 Å². The molecule has 1 aliphatic heterocycles. The third kappa shape index (κ3) is 5.40. The van der Waals surface area contributed by atoms with Crippen LogP contribution in [0, 0.1) is 0 Å². The summed E-state index contributed by atoms with van der Waals surface area (Å²) in [6, 6.07) is 17.2. The topological polar surface area (TPSA) is 95.5 Å². The van der Waals surface area contributed by atoms with Crippen LogP contribution in [0.5, 0.6) is 0 Å². The van der Waals surface area contributed by atoms with Crippen LogP contribution in [-0.2, 0) is 16.0 Å². The molecular weight excluding hydrogens is 418 g/mol. The molecule has 1 unspecified atom stereocenters. The van der Waals surface area contributed by atoms with Crippen molar-refractivity contribution in [3.8, 4) is 0 Å². The maximum atomic E-state index is 12.6. The van der Waals surface area contributed by atoms with Crippen molar-refractivity contribution in [1.82, 2.24) is 20.1 Å². The predicted molar refractivity (Wildman–Crippen MR) is 128 cm³/mol. The fourth-order valence-corrected chi connectivity index (χ4v) is 4.20. The highest BCUT2D eigenvalue weighted by atomic mass is 16.2. The van der Waals surface area contributed by atoms with Crippen molar-refractivity contribution in [1.29, 1.82) is 0 Å². The molecule has 0 spiro atoms. The third-order valence-corrected chi connectivity index (χ3v) is 5.68. The van der Waals surface area contributed by atoms with E-state index in [0.29, 0.717) is 24.5 Å². The number of hydrogen-bond donors (Lipinski definition) is 3. The number of nitrogens with zero attached hydrogens (tertiary/aromatic N) is 2. The van der Waals surface area contributed by atoms with Crippen molar-refractivity contribution >= 4 is 34.3 Å². The maximum absolute atomic E-state index is 12.6. The second-order valence-electron chi connectivity index (χ2n) is 8.61. The number of fused-ring (bicyclic) bond motifs is 3. The number of likely N-dealkylation sites (N-methyl/N-ethyl adjacent to an activating group) is 1. The van der Waals surface area contributed by atoms with Gasteiger partial charge in [0.1, 0.15) is 5.69 Å². The Hall–Kier alpha value is -3.65. The molecule has 3 amide bonds. The molecule has 2 heterocycles. The number of anilines is 1. The van der Waals surface area contributed by atoms with Crippen molar-refractivity contribution in [3.05, 3.63) is 65.9 Å². The van der Waals surface area contributed by atoms with Crippen LogP contribution in [0.3, 0.4) is 0 Å². The standard InChI is InChI=1S/C25H29N5O3/c1-29(2)16-24(32)28-19-8-9-21-18(12-19)13-22-25(33)27-15-20(30(21)22)14-23(31)26-11-10-17-6-4-3-5-7-17/h3-9,12-13,20H,10-11,14-16H2,1-2H3,(H,26,31)(H,27,33)(H,28,32). The van der Waals surface area contributed by atoms with E-state index in [4.69, 9.17) is 0 Å². The van der Waals surface area contributed by atoms with Crippen molar-refractivity contribution in [3.63, 3.8) is 0 Å². The molecule has 2 aromatic carbocycles. The molecule has 172 valence electrons. The van der Waals surface area contributed by atoms with E-state index in [-0.39, 0.29) is 36.7 Å². The van der Waals surface area contributed by atoms with E-state index in [1.807, 2.05) is 73.3 Å². The monoisotopic (exact) mass is 447 g/mol. The minimum atomic E-state index is -0.180. The molecular formula is C25H29N5O3. The molecule has 8 nitrogen and oxygen atoms in total. The Morgan fingerprint density at radius 2 is 1.88 bits per heavy atom. The van der Waals surface area contributed by atoms with Gasteiger partial charge in [-0.15, -0.1) is 0 Å². The first-order chi connectivity index (χ1) is 15.9. The summed E-state index contributed by atoms with van der Waals surface area (Å²) in [6.07, 6.45) is 1.04. The number of hydrogen-bond acceptors (Lipinski definition) is 4. The number of benzene rings is 2. The van der Waals surface area contributed by atoms with E-state index in [0.717, 1.165) is 17.3 Å². The van der Waals surface area contributed by atoms with Crippen molar-refractivity contribution in [2.75, 3.05) is 39.0 Å². The highest BCUT2D eigenvalue weighted by Gasteiger charge is 2.28. The number of carbonyl (C=O) groups is 3. The van der Waals surface area contributed by atoms with Crippen LogP contribution in [0.4, 0.5) is 5.69 Å². The van der Waals surface area contributed by atoms with Gasteiger partial charge in [0.25, 0.3) is 5.91 Å². The fraction of sp³-hybridized carbons (Fsp3) is 0.320. The van der Waals surface area contributed by atoms with Crippen molar-refractivity contribution in [2.24, 2.45) is 0 Å². The molecule has 0 saturated carbocycles. The zero-order valence-corrected chi connectivity index (χ0v) is 18.9. The van der Waals surface area contributed by atoms with E-state index >= 15 is 0 Å². The van der Waals surface area contributed by atoms with Gasteiger partial charge in [-0.1, -0.05) is 30.3 Å². The zero-order valence-electron chi connectivity index (χ0n) is 18.9. The van der Waals surface area contributed by atoms with Gasteiger partial charge in [-0.2, -0.15) is 0 Å². The van der Waals surface area contributed by atoms with Crippen LogP contribution < -0.4 is 16.0 Å². The molecule has 4 rings (SSSR count). The number of aromatic nitrogens is 1. The summed E-state index contributed by atoms with van der Waals surface area (Å²) in [5.74, 6) is -0.316. The number of carbonyl (C=O) groups excluding carboxylic acids is 3. The Labute approximate surface area is 192 Å². The predicted octanol–water partition coefficient (Wildman–Crippen LogP) is 2.17. The lowest BCUT2D eigenvalue weighted by Gasteiger charge is -2.27. The molecule has 0 fully saturated rings. The van der Waals surface area contributed by atoms with Crippen LogP contribution in [-0.4, -0.2) is 60.9 Å². The number of amides is 3. The van der Waals surface area contributed by atoms with E-state index in [2.05, 4.69) is 16.0 Å². The van der Waals surface area contributed by atoms with Crippen LogP contribution in [0.1, 0.15) is 28.5 Å². The molecule has 1 atom stereocenters. The Balaban J connectivity index is 1.46. The quantitative estimate of drug-likeness (QED) is 0.493. The summed E-state index contributed by atoms with van der Waals surface area (Å²) in [5, 5.41) is 9.61. The average Bonchev–Trinajstić information content (AvgIpc) is 3.16. The zero-order chi connectivity index (χ0) is 23.4. The number of nitrogens with one attached hydrogen (secondary N) is 3.